The molecule has 1 aromatic carbocycles. The quantitative estimate of drug-likeness (QED) is 0.486. The summed E-state index contributed by atoms with van der Waals surface area (Å²) in [5, 5.41) is 8.62. The van der Waals surface area contributed by atoms with E-state index < -0.39 is 12.0 Å². The fourth-order valence-electron chi connectivity index (χ4n) is 1.15. The number of hydrogen-bond acceptors (Lipinski definition) is 4. The van der Waals surface area contributed by atoms with Gasteiger partial charge in [-0.15, -0.1) is 17.0 Å². The van der Waals surface area contributed by atoms with Crippen LogP contribution in [-0.4, -0.2) is 22.9 Å². The van der Waals surface area contributed by atoms with E-state index >= 15 is 0 Å². The molecule has 0 bridgehead atoms. The Balaban J connectivity index is 0.00000289. The lowest BCUT2D eigenvalue weighted by Crippen LogP contribution is -2.32. The van der Waals surface area contributed by atoms with E-state index in [1.54, 1.807) is 0 Å². The van der Waals surface area contributed by atoms with Crippen LogP contribution in [0.2, 0.25) is 0 Å². The summed E-state index contributed by atoms with van der Waals surface area (Å²) in [6, 6.07) is 1.88. The van der Waals surface area contributed by atoms with Gasteiger partial charge < -0.3 is 16.6 Å². The third-order valence-electron chi connectivity index (χ3n) is 2.12. The highest BCUT2D eigenvalue weighted by Crippen LogP contribution is 2.30. The van der Waals surface area contributed by atoms with E-state index in [0.29, 0.717) is 20.2 Å². The first-order valence-corrected chi connectivity index (χ1v) is 6.17. The Morgan fingerprint density at radius 1 is 1.28 bits per heavy atom. The lowest BCUT2D eigenvalue weighted by Gasteiger charge is -2.08. The summed E-state index contributed by atoms with van der Waals surface area (Å²) in [5.74, 6) is -1.55. The third-order valence-corrected chi connectivity index (χ3v) is 3.44. The van der Waals surface area contributed by atoms with Crippen molar-refractivity contribution in [2.75, 3.05) is 5.73 Å². The van der Waals surface area contributed by atoms with Crippen molar-refractivity contribution in [1.29, 1.82) is 0 Å². The molecule has 0 aromatic heterocycles. The van der Waals surface area contributed by atoms with Crippen LogP contribution < -0.4 is 11.5 Å². The number of Topliss-reactive ketones (excluding diaryl/α,β-unsaturated/α-hetero) is 1. The molecule has 0 amide bonds. The number of benzene rings is 1. The first-order chi connectivity index (χ1) is 7.82. The monoisotopic (exact) mass is 444 g/mol. The molecule has 100 valence electrons. The summed E-state index contributed by atoms with van der Waals surface area (Å²) < 4.78 is 1.14. The van der Waals surface area contributed by atoms with Crippen molar-refractivity contribution in [2.24, 2.45) is 5.73 Å². The maximum Gasteiger partial charge on any atom is 0.320 e. The lowest BCUT2D eigenvalue weighted by atomic mass is 10.0. The number of ketones is 1. The van der Waals surface area contributed by atoms with Crippen LogP contribution in [-0.2, 0) is 4.79 Å². The largest absolute Gasteiger partial charge is 0.480 e. The van der Waals surface area contributed by atoms with Crippen LogP contribution in [0.4, 0.5) is 5.69 Å². The number of carbonyl (C=O) groups is 2. The minimum absolute atomic E-state index is 0. The van der Waals surface area contributed by atoms with Gasteiger partial charge in [-0.25, -0.2) is 0 Å². The fraction of sp³-hybridized carbons (Fsp3) is 0.200. The van der Waals surface area contributed by atoms with Crippen LogP contribution in [0.5, 0.6) is 0 Å². The van der Waals surface area contributed by atoms with Gasteiger partial charge in [0.15, 0.2) is 5.78 Å². The van der Waals surface area contributed by atoms with Crippen LogP contribution in [0.3, 0.4) is 0 Å². The van der Waals surface area contributed by atoms with Gasteiger partial charge in [-0.05, 0) is 44.0 Å². The molecule has 5 nitrogen and oxygen atoms in total. The molecule has 0 aliphatic carbocycles. The van der Waals surface area contributed by atoms with Crippen molar-refractivity contribution in [1.82, 2.24) is 0 Å². The summed E-state index contributed by atoms with van der Waals surface area (Å²) in [7, 11) is 0. The molecular formula is C10H11Br3N2O3. The Kier molecular flexibility index (Phi) is 7.05. The van der Waals surface area contributed by atoms with Gasteiger partial charge >= 0.3 is 5.97 Å². The number of nitrogens with two attached hydrogens (primary N) is 2. The number of halogens is 3. The standard InChI is InChI=1S/C10H10Br2N2O3.BrH/c11-5-1-4(2-6(12)9(5)14)8(15)3-7(13)10(16)17;/h1-2,7H,3,13-14H2,(H,16,17);1H. The van der Waals surface area contributed by atoms with E-state index in [2.05, 4.69) is 31.9 Å². The zero-order chi connectivity index (χ0) is 13.2. The van der Waals surface area contributed by atoms with E-state index in [4.69, 9.17) is 16.6 Å². The fourth-order valence-corrected chi connectivity index (χ4v) is 2.34. The van der Waals surface area contributed by atoms with Crippen molar-refractivity contribution in [2.45, 2.75) is 12.5 Å². The molecule has 1 unspecified atom stereocenters. The van der Waals surface area contributed by atoms with Crippen LogP contribution in [0.25, 0.3) is 0 Å². The number of carboxylic acids is 1. The van der Waals surface area contributed by atoms with E-state index in [1.807, 2.05) is 0 Å². The average molecular weight is 447 g/mol. The Morgan fingerprint density at radius 2 is 1.72 bits per heavy atom. The smallest absolute Gasteiger partial charge is 0.320 e. The average Bonchev–Trinajstić information content (AvgIpc) is 2.24. The normalized spacial score (nSPS) is 11.5. The number of hydrogen-bond donors (Lipinski definition) is 3. The second-order valence-corrected chi connectivity index (χ2v) is 5.13. The molecule has 0 saturated carbocycles. The summed E-state index contributed by atoms with van der Waals surface area (Å²) in [4.78, 5) is 22.3. The van der Waals surface area contributed by atoms with Crippen LogP contribution in [0.15, 0.2) is 21.1 Å². The second kappa shape index (κ2) is 7.22. The molecule has 0 aliphatic rings. The van der Waals surface area contributed by atoms with E-state index in [1.165, 1.54) is 12.1 Å². The highest BCUT2D eigenvalue weighted by Gasteiger charge is 2.18. The van der Waals surface area contributed by atoms with Gasteiger partial charge in [0.1, 0.15) is 6.04 Å². The topological polar surface area (TPSA) is 106 Å². The highest BCUT2D eigenvalue weighted by atomic mass is 79.9. The van der Waals surface area contributed by atoms with Crippen molar-refractivity contribution in [3.8, 4) is 0 Å². The highest BCUT2D eigenvalue weighted by molar-refractivity contribution is 9.11. The molecule has 0 saturated heterocycles. The van der Waals surface area contributed by atoms with Crippen LogP contribution >= 0.6 is 48.8 Å². The van der Waals surface area contributed by atoms with Gasteiger partial charge in [0.25, 0.3) is 0 Å². The molecule has 8 heteroatoms. The number of nitrogen functional groups attached to an aromatic ring is 1. The zero-order valence-electron chi connectivity index (χ0n) is 9.02. The maximum atomic E-state index is 11.7. The van der Waals surface area contributed by atoms with Gasteiger partial charge in [-0.1, -0.05) is 0 Å². The number of anilines is 1. The van der Waals surface area contributed by atoms with Gasteiger partial charge in [0.05, 0.1) is 5.69 Å². The van der Waals surface area contributed by atoms with E-state index in [-0.39, 0.29) is 29.2 Å². The number of carbonyl (C=O) groups excluding carboxylic acids is 1. The molecule has 18 heavy (non-hydrogen) atoms. The number of aliphatic carboxylic acids is 1. The van der Waals surface area contributed by atoms with Crippen molar-refractivity contribution < 1.29 is 14.7 Å². The molecular weight excluding hydrogens is 436 g/mol. The van der Waals surface area contributed by atoms with Gasteiger partial charge in [0.2, 0.25) is 0 Å². The Hall–Kier alpha value is -0.440. The number of carboxylic acid groups (broad SMARTS) is 1. The predicted molar refractivity (Wildman–Crippen MR) is 81.1 cm³/mol. The van der Waals surface area contributed by atoms with Crippen molar-refractivity contribution in [3.63, 3.8) is 0 Å². The zero-order valence-corrected chi connectivity index (χ0v) is 13.9. The first kappa shape index (κ1) is 17.6. The molecule has 1 atom stereocenters. The predicted octanol–water partition coefficient (Wildman–Crippen LogP) is 2.36. The first-order valence-electron chi connectivity index (χ1n) is 4.59. The minimum atomic E-state index is -1.20. The Morgan fingerprint density at radius 3 is 2.11 bits per heavy atom. The van der Waals surface area contributed by atoms with Crippen LogP contribution in [0, 0.1) is 0 Å². The van der Waals surface area contributed by atoms with Crippen molar-refractivity contribution >= 4 is 66.3 Å². The minimum Gasteiger partial charge on any atom is -0.480 e. The molecule has 0 fully saturated rings. The van der Waals surface area contributed by atoms with Gasteiger partial charge in [-0.3, -0.25) is 9.59 Å². The molecule has 0 aliphatic heterocycles. The molecule has 0 spiro atoms. The third kappa shape index (κ3) is 4.34. The second-order valence-electron chi connectivity index (χ2n) is 3.43. The summed E-state index contributed by atoms with van der Waals surface area (Å²) >= 11 is 6.41. The molecule has 5 N–H and O–H groups in total. The summed E-state index contributed by atoms with van der Waals surface area (Å²) in [6.07, 6.45) is -0.252. The molecule has 0 radical (unpaired) electrons. The van der Waals surface area contributed by atoms with E-state index in [0.717, 1.165) is 0 Å². The van der Waals surface area contributed by atoms with Gasteiger partial charge in [-0.2, -0.15) is 0 Å². The summed E-state index contributed by atoms with van der Waals surface area (Å²) in [6.45, 7) is 0. The number of rotatable bonds is 4. The lowest BCUT2D eigenvalue weighted by molar-refractivity contribution is -0.138. The summed E-state index contributed by atoms with van der Waals surface area (Å²) in [5.41, 5.74) is 11.8. The molecule has 1 rings (SSSR count). The van der Waals surface area contributed by atoms with E-state index in [9.17, 15) is 9.59 Å². The Labute approximate surface area is 131 Å². The Bertz CT molecular complexity index is 456. The maximum absolute atomic E-state index is 11.7. The van der Waals surface area contributed by atoms with Crippen molar-refractivity contribution in [3.05, 3.63) is 26.6 Å². The van der Waals surface area contributed by atoms with Gasteiger partial charge in [0, 0.05) is 20.9 Å². The molecule has 0 heterocycles. The van der Waals surface area contributed by atoms with Crippen LogP contribution in [0.1, 0.15) is 16.8 Å². The SMILES string of the molecule is Br.Nc1c(Br)cc(C(=O)CC(N)C(=O)O)cc1Br. The molecule has 1 aromatic rings.